The summed E-state index contributed by atoms with van der Waals surface area (Å²) in [6.07, 6.45) is 0. The smallest absolute Gasteiger partial charge is 0.233 e. The number of rotatable bonds is 4. The Hall–Kier alpha value is -2.19. The van der Waals surface area contributed by atoms with Crippen molar-refractivity contribution in [2.24, 2.45) is 0 Å². The Morgan fingerprint density at radius 3 is 2.29 bits per heavy atom. The minimum absolute atomic E-state index is 0.0252. The van der Waals surface area contributed by atoms with E-state index in [1.807, 2.05) is 0 Å². The first-order valence-corrected chi connectivity index (χ1v) is 9.14. The van der Waals surface area contributed by atoms with Crippen LogP contribution in [0.4, 0.5) is 10.3 Å². The minimum Gasteiger partial charge on any atom is -0.419 e. The SMILES string of the molecule is CNc1oc(-c2ccc(F)cc2)nc1S(=O)(=O)c1ccc(Br)cc1. The van der Waals surface area contributed by atoms with Crippen LogP contribution in [-0.4, -0.2) is 20.4 Å². The highest BCUT2D eigenvalue weighted by Gasteiger charge is 2.28. The zero-order valence-corrected chi connectivity index (χ0v) is 14.9. The Morgan fingerprint density at radius 2 is 1.71 bits per heavy atom. The van der Waals surface area contributed by atoms with Gasteiger partial charge in [-0.25, -0.2) is 12.8 Å². The molecule has 1 aromatic heterocycles. The van der Waals surface area contributed by atoms with Crippen LogP contribution in [0.3, 0.4) is 0 Å². The van der Waals surface area contributed by atoms with Crippen molar-refractivity contribution in [1.29, 1.82) is 0 Å². The highest BCUT2D eigenvalue weighted by molar-refractivity contribution is 9.10. The summed E-state index contributed by atoms with van der Waals surface area (Å²) >= 11 is 3.27. The van der Waals surface area contributed by atoms with E-state index >= 15 is 0 Å². The van der Waals surface area contributed by atoms with E-state index in [1.54, 1.807) is 12.1 Å². The van der Waals surface area contributed by atoms with Gasteiger partial charge >= 0.3 is 0 Å². The summed E-state index contributed by atoms with van der Waals surface area (Å²) in [7, 11) is -2.32. The molecule has 0 bridgehead atoms. The summed E-state index contributed by atoms with van der Waals surface area (Å²) in [5.41, 5.74) is 0.477. The van der Waals surface area contributed by atoms with E-state index in [1.165, 1.54) is 43.4 Å². The lowest BCUT2D eigenvalue weighted by atomic mass is 10.2. The van der Waals surface area contributed by atoms with Gasteiger partial charge in [-0.1, -0.05) is 15.9 Å². The maximum Gasteiger partial charge on any atom is 0.233 e. The Balaban J connectivity index is 2.10. The fourth-order valence-corrected chi connectivity index (χ4v) is 3.66. The number of sulfone groups is 1. The van der Waals surface area contributed by atoms with E-state index in [0.717, 1.165) is 4.47 Å². The molecule has 0 fully saturated rings. The molecule has 0 saturated heterocycles. The van der Waals surface area contributed by atoms with Crippen LogP contribution >= 0.6 is 15.9 Å². The van der Waals surface area contributed by atoms with E-state index < -0.39 is 15.7 Å². The molecule has 3 aromatic rings. The second-order valence-electron chi connectivity index (χ2n) is 4.87. The average Bonchev–Trinajstić information content (AvgIpc) is 3.01. The van der Waals surface area contributed by atoms with Crippen molar-refractivity contribution in [3.63, 3.8) is 0 Å². The number of oxazole rings is 1. The zero-order chi connectivity index (χ0) is 17.3. The van der Waals surface area contributed by atoms with Gasteiger partial charge in [0.05, 0.1) is 4.90 Å². The number of hydrogen-bond donors (Lipinski definition) is 1. The van der Waals surface area contributed by atoms with Crippen molar-refractivity contribution < 1.29 is 17.2 Å². The van der Waals surface area contributed by atoms with Gasteiger partial charge in [-0.2, -0.15) is 4.98 Å². The third kappa shape index (κ3) is 3.07. The van der Waals surface area contributed by atoms with Crippen LogP contribution in [0.25, 0.3) is 11.5 Å². The lowest BCUT2D eigenvalue weighted by Gasteiger charge is -2.02. The minimum atomic E-state index is -3.86. The molecule has 24 heavy (non-hydrogen) atoms. The number of benzene rings is 2. The number of nitrogens with zero attached hydrogens (tertiary/aromatic N) is 1. The van der Waals surface area contributed by atoms with Crippen LogP contribution in [0.1, 0.15) is 0 Å². The zero-order valence-electron chi connectivity index (χ0n) is 12.5. The summed E-state index contributed by atoms with van der Waals surface area (Å²) in [6.45, 7) is 0. The fraction of sp³-hybridized carbons (Fsp3) is 0.0625. The molecular weight excluding hydrogens is 399 g/mol. The third-order valence-electron chi connectivity index (χ3n) is 3.29. The van der Waals surface area contributed by atoms with Crippen LogP contribution in [0.2, 0.25) is 0 Å². The van der Waals surface area contributed by atoms with Crippen molar-refractivity contribution in [1.82, 2.24) is 4.98 Å². The van der Waals surface area contributed by atoms with Gasteiger partial charge in [0.2, 0.25) is 26.6 Å². The second kappa shape index (κ2) is 6.37. The van der Waals surface area contributed by atoms with E-state index in [2.05, 4.69) is 26.2 Å². The van der Waals surface area contributed by atoms with E-state index in [4.69, 9.17) is 4.42 Å². The Kier molecular flexibility index (Phi) is 4.42. The summed E-state index contributed by atoms with van der Waals surface area (Å²) < 4.78 is 44.9. The van der Waals surface area contributed by atoms with Crippen molar-refractivity contribution in [2.45, 2.75) is 9.92 Å². The highest BCUT2D eigenvalue weighted by Crippen LogP contribution is 2.32. The van der Waals surface area contributed by atoms with E-state index in [0.29, 0.717) is 5.56 Å². The molecule has 3 rings (SSSR count). The molecule has 0 radical (unpaired) electrons. The standard InChI is InChI=1S/C16H12BrFN2O3S/c1-19-15-16(24(21,22)13-8-4-11(17)5-9-13)20-14(23-15)10-2-6-12(18)7-3-10/h2-9,19H,1H3. The van der Waals surface area contributed by atoms with Gasteiger partial charge in [0.15, 0.2) is 0 Å². The molecule has 1 heterocycles. The summed E-state index contributed by atoms with van der Waals surface area (Å²) in [4.78, 5) is 4.20. The maximum atomic E-state index is 13.0. The highest BCUT2D eigenvalue weighted by atomic mass is 79.9. The lowest BCUT2D eigenvalue weighted by Crippen LogP contribution is -2.05. The molecule has 0 unspecified atom stereocenters. The largest absolute Gasteiger partial charge is 0.419 e. The first-order chi connectivity index (χ1) is 11.4. The number of hydrogen-bond acceptors (Lipinski definition) is 5. The first kappa shape index (κ1) is 16.7. The molecule has 0 spiro atoms. The molecule has 0 saturated carbocycles. The fourth-order valence-electron chi connectivity index (χ4n) is 2.09. The van der Waals surface area contributed by atoms with Crippen molar-refractivity contribution in [2.75, 3.05) is 12.4 Å². The van der Waals surface area contributed by atoms with Crippen LogP contribution < -0.4 is 5.32 Å². The summed E-state index contributed by atoms with van der Waals surface area (Å²) in [5, 5.41) is 2.48. The lowest BCUT2D eigenvalue weighted by molar-refractivity contribution is 0.580. The molecule has 0 aliphatic carbocycles. The van der Waals surface area contributed by atoms with Crippen LogP contribution in [0.15, 0.2) is 67.3 Å². The molecule has 124 valence electrons. The van der Waals surface area contributed by atoms with Gasteiger partial charge in [0.25, 0.3) is 0 Å². The predicted octanol–water partition coefficient (Wildman–Crippen LogP) is 4.12. The van der Waals surface area contributed by atoms with Crippen molar-refractivity contribution >= 4 is 31.7 Å². The monoisotopic (exact) mass is 410 g/mol. The van der Waals surface area contributed by atoms with Gasteiger partial charge in [-0.3, -0.25) is 0 Å². The Bertz CT molecular complexity index is 968. The number of aromatic nitrogens is 1. The summed E-state index contributed by atoms with van der Waals surface area (Å²) in [6, 6.07) is 11.7. The molecule has 1 N–H and O–H groups in total. The van der Waals surface area contributed by atoms with Crippen molar-refractivity contribution in [3.05, 3.63) is 58.8 Å². The third-order valence-corrected chi connectivity index (χ3v) is 5.50. The quantitative estimate of drug-likeness (QED) is 0.700. The first-order valence-electron chi connectivity index (χ1n) is 6.87. The normalized spacial score (nSPS) is 11.5. The number of nitrogens with one attached hydrogen (secondary N) is 1. The average molecular weight is 411 g/mol. The number of halogens is 2. The summed E-state index contributed by atoms with van der Waals surface area (Å²) in [5.74, 6) is -0.283. The Morgan fingerprint density at radius 1 is 1.08 bits per heavy atom. The molecule has 0 amide bonds. The van der Waals surface area contributed by atoms with E-state index in [9.17, 15) is 12.8 Å². The molecule has 2 aromatic carbocycles. The van der Waals surface area contributed by atoms with Gasteiger partial charge in [-0.15, -0.1) is 0 Å². The number of anilines is 1. The maximum absolute atomic E-state index is 13.0. The second-order valence-corrected chi connectivity index (χ2v) is 7.65. The van der Waals surface area contributed by atoms with E-state index in [-0.39, 0.29) is 21.7 Å². The molecule has 0 atom stereocenters. The van der Waals surface area contributed by atoms with Crippen LogP contribution in [0.5, 0.6) is 0 Å². The molecule has 5 nitrogen and oxygen atoms in total. The van der Waals surface area contributed by atoms with Crippen LogP contribution in [0, 0.1) is 5.82 Å². The van der Waals surface area contributed by atoms with Crippen molar-refractivity contribution in [3.8, 4) is 11.5 Å². The van der Waals surface area contributed by atoms with Gasteiger partial charge in [0, 0.05) is 17.1 Å². The molecule has 0 aliphatic heterocycles. The van der Waals surface area contributed by atoms with Gasteiger partial charge < -0.3 is 9.73 Å². The van der Waals surface area contributed by atoms with Crippen LogP contribution in [-0.2, 0) is 9.84 Å². The van der Waals surface area contributed by atoms with Gasteiger partial charge in [-0.05, 0) is 48.5 Å². The topological polar surface area (TPSA) is 72.2 Å². The molecule has 0 aliphatic rings. The molecular formula is C16H12BrFN2O3S. The molecule has 8 heteroatoms. The Labute approximate surface area is 146 Å². The van der Waals surface area contributed by atoms with Gasteiger partial charge in [0.1, 0.15) is 5.82 Å². The predicted molar refractivity (Wildman–Crippen MR) is 91.0 cm³/mol.